The van der Waals surface area contributed by atoms with Crippen molar-refractivity contribution < 1.29 is 13.2 Å². The Morgan fingerprint density at radius 3 is 2.32 bits per heavy atom. The summed E-state index contributed by atoms with van der Waals surface area (Å²) in [6, 6.07) is 11.3. The molecule has 1 saturated heterocycles. The van der Waals surface area contributed by atoms with Gasteiger partial charge in [-0.25, -0.2) is 8.42 Å². The monoisotopic (exact) mass is 359 g/mol. The molecule has 0 unspecified atom stereocenters. The van der Waals surface area contributed by atoms with Crippen LogP contribution < -0.4 is 11.1 Å². The average Bonchev–Trinajstić information content (AvgIpc) is 3.13. The lowest BCUT2D eigenvalue weighted by Gasteiger charge is -2.15. The zero-order chi connectivity index (χ0) is 18.0. The molecule has 2 aromatic carbocycles. The van der Waals surface area contributed by atoms with Crippen LogP contribution in [0.15, 0.2) is 47.4 Å². The quantitative estimate of drug-likeness (QED) is 0.821. The fourth-order valence-electron chi connectivity index (χ4n) is 2.88. The number of benzene rings is 2. The van der Waals surface area contributed by atoms with Crippen LogP contribution in [0.1, 0.15) is 28.8 Å². The zero-order valence-electron chi connectivity index (χ0n) is 14.0. The lowest BCUT2D eigenvalue weighted by atomic mass is 10.1. The molecule has 1 aliphatic rings. The molecule has 0 aromatic heterocycles. The van der Waals surface area contributed by atoms with Crippen LogP contribution in [-0.4, -0.2) is 31.7 Å². The molecule has 1 aliphatic heterocycles. The molecule has 3 N–H and O–H groups in total. The van der Waals surface area contributed by atoms with Crippen molar-refractivity contribution >= 4 is 27.3 Å². The number of anilines is 2. The first-order valence-corrected chi connectivity index (χ1v) is 9.59. The summed E-state index contributed by atoms with van der Waals surface area (Å²) < 4.78 is 26.5. The predicted octanol–water partition coefficient (Wildman–Crippen LogP) is 2.61. The molecule has 1 heterocycles. The summed E-state index contributed by atoms with van der Waals surface area (Å²) >= 11 is 0. The second-order valence-corrected chi connectivity index (χ2v) is 8.10. The summed E-state index contributed by atoms with van der Waals surface area (Å²) in [5.41, 5.74) is 8.27. The van der Waals surface area contributed by atoms with E-state index >= 15 is 0 Å². The fourth-order valence-corrected chi connectivity index (χ4v) is 4.39. The Kier molecular flexibility index (Phi) is 4.78. The standard InChI is InChI=1S/C18H21N3O3S/c1-13-12-15(19)6-9-17(13)20-18(22)14-4-7-16(8-5-14)25(23,24)21-10-2-3-11-21/h4-9,12H,2-3,10-11,19H2,1H3,(H,20,22). The van der Waals surface area contributed by atoms with Crippen LogP contribution in [0.3, 0.4) is 0 Å². The predicted molar refractivity (Wildman–Crippen MR) is 98.0 cm³/mol. The lowest BCUT2D eigenvalue weighted by Crippen LogP contribution is -2.27. The van der Waals surface area contributed by atoms with Gasteiger partial charge in [0.15, 0.2) is 0 Å². The highest BCUT2D eigenvalue weighted by Crippen LogP contribution is 2.22. The lowest BCUT2D eigenvalue weighted by molar-refractivity contribution is 0.102. The number of aryl methyl sites for hydroxylation is 1. The van der Waals surface area contributed by atoms with Crippen LogP contribution in [0.5, 0.6) is 0 Å². The normalized spacial score (nSPS) is 15.2. The second kappa shape index (κ2) is 6.85. The van der Waals surface area contributed by atoms with Crippen molar-refractivity contribution in [1.82, 2.24) is 4.31 Å². The van der Waals surface area contributed by atoms with Gasteiger partial charge in [0, 0.05) is 30.0 Å². The molecular weight excluding hydrogens is 338 g/mol. The van der Waals surface area contributed by atoms with E-state index in [0.717, 1.165) is 18.4 Å². The maximum atomic E-state index is 12.5. The number of hydrogen-bond donors (Lipinski definition) is 2. The molecule has 0 saturated carbocycles. The minimum Gasteiger partial charge on any atom is -0.399 e. The van der Waals surface area contributed by atoms with E-state index in [-0.39, 0.29) is 10.8 Å². The Morgan fingerprint density at radius 1 is 1.08 bits per heavy atom. The van der Waals surface area contributed by atoms with Crippen molar-refractivity contribution in [1.29, 1.82) is 0 Å². The zero-order valence-corrected chi connectivity index (χ0v) is 14.8. The summed E-state index contributed by atoms with van der Waals surface area (Å²) in [6.07, 6.45) is 1.78. The first-order chi connectivity index (χ1) is 11.9. The maximum Gasteiger partial charge on any atom is 0.255 e. The Morgan fingerprint density at radius 2 is 1.72 bits per heavy atom. The number of rotatable bonds is 4. The van der Waals surface area contributed by atoms with Gasteiger partial charge in [0.05, 0.1) is 4.90 Å². The van der Waals surface area contributed by atoms with Crippen molar-refractivity contribution in [3.05, 3.63) is 53.6 Å². The van der Waals surface area contributed by atoms with Gasteiger partial charge >= 0.3 is 0 Å². The molecule has 0 spiro atoms. The van der Waals surface area contributed by atoms with Crippen molar-refractivity contribution in [2.75, 3.05) is 24.1 Å². The van der Waals surface area contributed by atoms with E-state index in [4.69, 9.17) is 5.73 Å². The molecule has 0 aliphatic carbocycles. The molecule has 25 heavy (non-hydrogen) atoms. The molecule has 0 bridgehead atoms. The number of carbonyl (C=O) groups excluding carboxylic acids is 1. The maximum absolute atomic E-state index is 12.5. The third-order valence-electron chi connectivity index (χ3n) is 4.32. The van der Waals surface area contributed by atoms with E-state index in [2.05, 4.69) is 5.32 Å². The molecule has 0 atom stereocenters. The third kappa shape index (κ3) is 3.67. The van der Waals surface area contributed by atoms with Gasteiger partial charge < -0.3 is 11.1 Å². The van der Waals surface area contributed by atoms with Gasteiger partial charge in [0.25, 0.3) is 5.91 Å². The third-order valence-corrected chi connectivity index (χ3v) is 6.23. The Hall–Kier alpha value is -2.38. The summed E-state index contributed by atoms with van der Waals surface area (Å²) in [6.45, 7) is 2.97. The highest BCUT2D eigenvalue weighted by Gasteiger charge is 2.27. The highest BCUT2D eigenvalue weighted by molar-refractivity contribution is 7.89. The number of sulfonamides is 1. The Labute approximate surface area is 147 Å². The fraction of sp³-hybridized carbons (Fsp3) is 0.278. The minimum atomic E-state index is -3.46. The van der Waals surface area contributed by atoms with Gasteiger partial charge in [0.1, 0.15) is 0 Å². The minimum absolute atomic E-state index is 0.217. The second-order valence-electron chi connectivity index (χ2n) is 6.16. The summed E-state index contributed by atoms with van der Waals surface area (Å²) in [4.78, 5) is 12.6. The highest BCUT2D eigenvalue weighted by atomic mass is 32.2. The van der Waals surface area contributed by atoms with Crippen molar-refractivity contribution in [2.24, 2.45) is 0 Å². The summed E-state index contributed by atoms with van der Waals surface area (Å²) in [7, 11) is -3.46. The van der Waals surface area contributed by atoms with Crippen LogP contribution in [0.25, 0.3) is 0 Å². The van der Waals surface area contributed by atoms with Crippen LogP contribution >= 0.6 is 0 Å². The van der Waals surface area contributed by atoms with Crippen LogP contribution in [0.4, 0.5) is 11.4 Å². The molecule has 2 aromatic rings. The van der Waals surface area contributed by atoms with Crippen molar-refractivity contribution in [3.8, 4) is 0 Å². The average molecular weight is 359 g/mol. The van der Waals surface area contributed by atoms with E-state index in [1.165, 1.54) is 28.6 Å². The van der Waals surface area contributed by atoms with Gasteiger partial charge in [-0.2, -0.15) is 4.31 Å². The SMILES string of the molecule is Cc1cc(N)ccc1NC(=O)c1ccc(S(=O)(=O)N2CCCC2)cc1. The first-order valence-electron chi connectivity index (χ1n) is 8.15. The van der Waals surface area contributed by atoms with E-state index in [0.29, 0.717) is 30.0 Å². The van der Waals surface area contributed by atoms with Gasteiger partial charge in [-0.05, 0) is 67.8 Å². The smallest absolute Gasteiger partial charge is 0.255 e. The molecule has 1 fully saturated rings. The number of nitrogen functional groups attached to an aromatic ring is 1. The van der Waals surface area contributed by atoms with Gasteiger partial charge in [-0.15, -0.1) is 0 Å². The molecule has 132 valence electrons. The molecule has 1 amide bonds. The number of hydrogen-bond acceptors (Lipinski definition) is 4. The number of nitrogens with two attached hydrogens (primary N) is 1. The largest absolute Gasteiger partial charge is 0.399 e. The summed E-state index contributed by atoms with van der Waals surface area (Å²) in [5.74, 6) is -0.294. The Bertz CT molecular complexity index is 886. The Balaban J connectivity index is 1.76. The summed E-state index contributed by atoms with van der Waals surface area (Å²) in [5, 5.41) is 2.81. The number of amides is 1. The number of nitrogens with zero attached hydrogens (tertiary/aromatic N) is 1. The van der Waals surface area contributed by atoms with Crippen LogP contribution in [0.2, 0.25) is 0 Å². The van der Waals surface area contributed by atoms with Crippen molar-refractivity contribution in [3.63, 3.8) is 0 Å². The molecule has 0 radical (unpaired) electrons. The molecule has 7 heteroatoms. The van der Waals surface area contributed by atoms with Crippen LogP contribution in [-0.2, 0) is 10.0 Å². The van der Waals surface area contributed by atoms with E-state index in [1.54, 1.807) is 18.2 Å². The van der Waals surface area contributed by atoms with Crippen molar-refractivity contribution in [2.45, 2.75) is 24.7 Å². The van der Waals surface area contributed by atoms with E-state index in [9.17, 15) is 13.2 Å². The molecular formula is C18H21N3O3S. The molecule has 6 nitrogen and oxygen atoms in total. The van der Waals surface area contributed by atoms with Gasteiger partial charge in [-0.3, -0.25) is 4.79 Å². The van der Waals surface area contributed by atoms with Gasteiger partial charge in [0.2, 0.25) is 10.0 Å². The number of nitrogens with one attached hydrogen (secondary N) is 1. The topological polar surface area (TPSA) is 92.5 Å². The van der Waals surface area contributed by atoms with Crippen LogP contribution in [0, 0.1) is 6.92 Å². The number of carbonyl (C=O) groups is 1. The van der Waals surface area contributed by atoms with E-state index < -0.39 is 10.0 Å². The van der Waals surface area contributed by atoms with E-state index in [1.807, 2.05) is 6.92 Å². The first kappa shape index (κ1) is 17.4. The molecule has 3 rings (SSSR count). The van der Waals surface area contributed by atoms with Gasteiger partial charge in [-0.1, -0.05) is 0 Å².